The summed E-state index contributed by atoms with van der Waals surface area (Å²) in [6.07, 6.45) is 0.457. The number of nitrogens with one attached hydrogen (secondary N) is 1. The fraction of sp³-hybridized carbons (Fsp3) is 0.538. The van der Waals surface area contributed by atoms with Gasteiger partial charge in [-0.05, 0) is 42.2 Å². The van der Waals surface area contributed by atoms with Crippen molar-refractivity contribution in [3.8, 4) is 0 Å². The molecule has 1 aromatic carbocycles. The SMILES string of the molecule is CCSCCCNCC(O)c1cccc(F)c1. The molecule has 0 aliphatic carbocycles. The lowest BCUT2D eigenvalue weighted by Gasteiger charge is -2.12. The highest BCUT2D eigenvalue weighted by atomic mass is 32.2. The standard InChI is InChI=1S/C13H20FNOS/c1-2-17-8-4-7-15-10-13(16)11-5-3-6-12(14)9-11/h3,5-6,9,13,15-16H,2,4,7-8,10H2,1H3. The van der Waals surface area contributed by atoms with Crippen LogP contribution in [0.2, 0.25) is 0 Å². The Labute approximate surface area is 107 Å². The fourth-order valence-corrected chi connectivity index (χ4v) is 2.15. The van der Waals surface area contributed by atoms with E-state index in [2.05, 4.69) is 12.2 Å². The minimum absolute atomic E-state index is 0.305. The first-order valence-corrected chi connectivity index (χ1v) is 7.11. The first kappa shape index (κ1) is 14.5. The van der Waals surface area contributed by atoms with Crippen molar-refractivity contribution in [2.75, 3.05) is 24.6 Å². The summed E-state index contributed by atoms with van der Waals surface area (Å²) >= 11 is 1.91. The number of hydrogen-bond donors (Lipinski definition) is 2. The maximum atomic E-state index is 12.9. The maximum absolute atomic E-state index is 12.9. The molecule has 0 aliphatic rings. The molecule has 0 radical (unpaired) electrons. The van der Waals surface area contributed by atoms with Gasteiger partial charge in [-0.3, -0.25) is 0 Å². The summed E-state index contributed by atoms with van der Waals surface area (Å²) in [4.78, 5) is 0. The molecule has 0 bridgehead atoms. The van der Waals surface area contributed by atoms with E-state index < -0.39 is 6.10 Å². The molecule has 1 atom stereocenters. The van der Waals surface area contributed by atoms with E-state index in [1.165, 1.54) is 12.1 Å². The minimum Gasteiger partial charge on any atom is -0.387 e. The Hall–Kier alpha value is -0.580. The molecular weight excluding hydrogens is 237 g/mol. The summed E-state index contributed by atoms with van der Waals surface area (Å²) in [5.41, 5.74) is 0.625. The van der Waals surface area contributed by atoms with Crippen molar-refractivity contribution in [2.24, 2.45) is 0 Å². The Morgan fingerprint density at radius 3 is 3.00 bits per heavy atom. The molecule has 2 nitrogen and oxygen atoms in total. The van der Waals surface area contributed by atoms with Crippen LogP contribution in [0.5, 0.6) is 0 Å². The lowest BCUT2D eigenvalue weighted by atomic mass is 10.1. The summed E-state index contributed by atoms with van der Waals surface area (Å²) in [7, 11) is 0. The molecule has 0 aromatic heterocycles. The summed E-state index contributed by atoms with van der Waals surface area (Å²) < 4.78 is 12.9. The van der Waals surface area contributed by atoms with Crippen LogP contribution in [-0.4, -0.2) is 29.7 Å². The van der Waals surface area contributed by atoms with Gasteiger partial charge in [-0.15, -0.1) is 0 Å². The zero-order valence-electron chi connectivity index (χ0n) is 10.2. The van der Waals surface area contributed by atoms with Gasteiger partial charge in [0.05, 0.1) is 6.10 Å². The number of hydrogen-bond acceptors (Lipinski definition) is 3. The van der Waals surface area contributed by atoms with Crippen molar-refractivity contribution in [1.29, 1.82) is 0 Å². The smallest absolute Gasteiger partial charge is 0.123 e. The Morgan fingerprint density at radius 2 is 2.29 bits per heavy atom. The van der Waals surface area contributed by atoms with Crippen LogP contribution in [0.15, 0.2) is 24.3 Å². The van der Waals surface area contributed by atoms with Crippen molar-refractivity contribution in [3.63, 3.8) is 0 Å². The van der Waals surface area contributed by atoms with Crippen LogP contribution < -0.4 is 5.32 Å². The van der Waals surface area contributed by atoms with Crippen molar-refractivity contribution >= 4 is 11.8 Å². The van der Waals surface area contributed by atoms with Crippen LogP contribution >= 0.6 is 11.8 Å². The molecule has 1 rings (SSSR count). The van der Waals surface area contributed by atoms with Crippen molar-refractivity contribution < 1.29 is 9.50 Å². The van der Waals surface area contributed by atoms with Crippen LogP contribution in [0.3, 0.4) is 0 Å². The third-order valence-corrected chi connectivity index (χ3v) is 3.40. The lowest BCUT2D eigenvalue weighted by molar-refractivity contribution is 0.174. The van der Waals surface area contributed by atoms with E-state index in [-0.39, 0.29) is 5.82 Å². The van der Waals surface area contributed by atoms with Crippen LogP contribution in [0, 0.1) is 5.82 Å². The Kier molecular flexibility index (Phi) is 7.24. The van der Waals surface area contributed by atoms with Crippen LogP contribution in [0.25, 0.3) is 0 Å². The summed E-state index contributed by atoms with van der Waals surface area (Å²) in [6.45, 7) is 3.51. The van der Waals surface area contributed by atoms with Gasteiger partial charge in [0.2, 0.25) is 0 Å². The average molecular weight is 257 g/mol. The van der Waals surface area contributed by atoms with Gasteiger partial charge >= 0.3 is 0 Å². The van der Waals surface area contributed by atoms with E-state index in [1.54, 1.807) is 12.1 Å². The molecule has 17 heavy (non-hydrogen) atoms. The first-order valence-electron chi connectivity index (χ1n) is 5.96. The van der Waals surface area contributed by atoms with E-state index in [1.807, 2.05) is 11.8 Å². The van der Waals surface area contributed by atoms with Gasteiger partial charge in [0.25, 0.3) is 0 Å². The van der Waals surface area contributed by atoms with E-state index in [0.717, 1.165) is 24.5 Å². The third kappa shape index (κ3) is 6.05. The highest BCUT2D eigenvalue weighted by Crippen LogP contribution is 2.12. The molecule has 96 valence electrons. The molecule has 1 aromatic rings. The predicted octanol–water partition coefficient (Wildman–Crippen LogP) is 2.59. The van der Waals surface area contributed by atoms with Crippen molar-refractivity contribution in [2.45, 2.75) is 19.4 Å². The quantitative estimate of drug-likeness (QED) is 0.702. The molecule has 0 saturated carbocycles. The van der Waals surface area contributed by atoms with E-state index in [9.17, 15) is 9.50 Å². The van der Waals surface area contributed by atoms with Gasteiger partial charge in [-0.1, -0.05) is 19.1 Å². The minimum atomic E-state index is -0.635. The summed E-state index contributed by atoms with van der Waals surface area (Å²) in [6, 6.07) is 6.11. The molecule has 1 unspecified atom stereocenters. The zero-order chi connectivity index (χ0) is 12.5. The molecule has 0 fully saturated rings. The Balaban J connectivity index is 2.19. The van der Waals surface area contributed by atoms with E-state index >= 15 is 0 Å². The zero-order valence-corrected chi connectivity index (χ0v) is 11.0. The van der Waals surface area contributed by atoms with E-state index in [4.69, 9.17) is 0 Å². The molecule has 0 aliphatic heterocycles. The second-order valence-electron chi connectivity index (χ2n) is 3.83. The van der Waals surface area contributed by atoms with Gasteiger partial charge in [-0.2, -0.15) is 11.8 Å². The third-order valence-electron chi connectivity index (χ3n) is 2.42. The second kappa shape index (κ2) is 8.50. The normalized spacial score (nSPS) is 12.6. The lowest BCUT2D eigenvalue weighted by Crippen LogP contribution is -2.23. The van der Waals surface area contributed by atoms with Gasteiger partial charge in [-0.25, -0.2) is 4.39 Å². The van der Waals surface area contributed by atoms with Crippen molar-refractivity contribution in [3.05, 3.63) is 35.6 Å². The number of benzene rings is 1. The number of thioether (sulfide) groups is 1. The molecule has 2 N–H and O–H groups in total. The van der Waals surface area contributed by atoms with Gasteiger partial charge < -0.3 is 10.4 Å². The summed E-state index contributed by atoms with van der Waals surface area (Å²) in [5, 5.41) is 13.0. The monoisotopic (exact) mass is 257 g/mol. The number of rotatable bonds is 8. The highest BCUT2D eigenvalue weighted by Gasteiger charge is 2.07. The number of aliphatic hydroxyl groups is 1. The van der Waals surface area contributed by atoms with Crippen LogP contribution in [0.4, 0.5) is 4.39 Å². The molecule has 0 saturated heterocycles. The Bertz CT molecular complexity index is 322. The van der Waals surface area contributed by atoms with E-state index in [0.29, 0.717) is 12.1 Å². The molecule has 0 amide bonds. The molecule has 4 heteroatoms. The fourth-order valence-electron chi connectivity index (χ4n) is 1.51. The molecular formula is C13H20FNOS. The average Bonchev–Trinajstić information content (AvgIpc) is 2.33. The number of aliphatic hydroxyl groups excluding tert-OH is 1. The summed E-state index contributed by atoms with van der Waals surface area (Å²) in [5.74, 6) is 1.98. The van der Waals surface area contributed by atoms with Crippen molar-refractivity contribution in [1.82, 2.24) is 5.32 Å². The van der Waals surface area contributed by atoms with Gasteiger partial charge in [0, 0.05) is 6.54 Å². The topological polar surface area (TPSA) is 32.3 Å². The van der Waals surface area contributed by atoms with Crippen LogP contribution in [-0.2, 0) is 0 Å². The number of halogens is 1. The Morgan fingerprint density at radius 1 is 1.47 bits per heavy atom. The van der Waals surface area contributed by atoms with Crippen LogP contribution in [0.1, 0.15) is 25.0 Å². The second-order valence-corrected chi connectivity index (χ2v) is 5.22. The predicted molar refractivity (Wildman–Crippen MR) is 71.8 cm³/mol. The highest BCUT2D eigenvalue weighted by molar-refractivity contribution is 7.99. The maximum Gasteiger partial charge on any atom is 0.123 e. The first-order chi connectivity index (χ1) is 8.24. The largest absolute Gasteiger partial charge is 0.387 e. The molecule has 0 spiro atoms. The van der Waals surface area contributed by atoms with Gasteiger partial charge in [0.1, 0.15) is 5.82 Å². The van der Waals surface area contributed by atoms with Gasteiger partial charge in [0.15, 0.2) is 0 Å². The molecule has 0 heterocycles.